The monoisotopic (exact) mass is 799 g/mol. The van der Waals surface area contributed by atoms with Gasteiger partial charge in [0.2, 0.25) is 0 Å². The van der Waals surface area contributed by atoms with Crippen molar-refractivity contribution in [2.24, 2.45) is 0 Å². The lowest BCUT2D eigenvalue weighted by Crippen LogP contribution is -2.16. The molecule has 1 aliphatic rings. The predicted octanol–water partition coefficient (Wildman–Crippen LogP) is 8.23. The number of ether oxygens (including phenoxy) is 4. The number of aromatic hydroxyl groups is 2. The average molecular weight is 800 g/mol. The Morgan fingerprint density at radius 2 is 1.02 bits per heavy atom. The van der Waals surface area contributed by atoms with E-state index >= 15 is 0 Å². The maximum atomic E-state index is 11.9. The number of rotatable bonds is 14. The second kappa shape index (κ2) is 19.0. The van der Waals surface area contributed by atoms with Crippen LogP contribution in [0.4, 0.5) is 0 Å². The number of fused-ring (bicyclic) bond motifs is 3. The first-order valence-corrected chi connectivity index (χ1v) is 22.3. The minimum Gasteiger partial charge on any atom is -0.503 e. The summed E-state index contributed by atoms with van der Waals surface area (Å²) in [5.74, 6) is 2.33. The van der Waals surface area contributed by atoms with E-state index in [0.29, 0.717) is 39.2 Å². The highest BCUT2D eigenvalue weighted by atomic mass is 33.1. The summed E-state index contributed by atoms with van der Waals surface area (Å²) in [4.78, 5) is 12.7. The summed E-state index contributed by atoms with van der Waals surface area (Å²) in [6.07, 6.45) is 4.31. The molecular formula is C35H49N3O6S6. The molecule has 1 heterocycles. The fourth-order valence-corrected chi connectivity index (χ4v) is 13.9. The van der Waals surface area contributed by atoms with E-state index in [9.17, 15) is 10.2 Å². The molecule has 1 aliphatic heterocycles. The third kappa shape index (κ3) is 9.32. The van der Waals surface area contributed by atoms with Crippen LogP contribution in [0.2, 0.25) is 0 Å². The van der Waals surface area contributed by atoms with Crippen molar-refractivity contribution in [1.82, 2.24) is 14.7 Å². The van der Waals surface area contributed by atoms with E-state index in [1.807, 2.05) is 26.2 Å². The standard InChI is InChI=1S/C35H49N3O6S6/c1-36(2)15-12-20-18-24(42-8)26(40)34-29(20)46-33-25(39)23(41-7)19-21(13-16-37(3)4)30(33)47-50-35-28(44-10)27(43-9)31(45-11)22(14-17-38(5)6)32(35)48-49-34/h18-19,39-40H,12-17H2,1-11H3. The van der Waals surface area contributed by atoms with Crippen LogP contribution in [0.3, 0.4) is 0 Å². The van der Waals surface area contributed by atoms with Crippen LogP contribution < -0.4 is 18.9 Å². The van der Waals surface area contributed by atoms with Crippen LogP contribution in [-0.2, 0) is 19.3 Å². The molecule has 15 heteroatoms. The maximum absolute atomic E-state index is 11.9. The molecule has 276 valence electrons. The molecule has 0 radical (unpaired) electrons. The van der Waals surface area contributed by atoms with Crippen LogP contribution in [-0.4, -0.2) is 122 Å². The van der Waals surface area contributed by atoms with E-state index in [1.165, 1.54) is 28.1 Å². The van der Waals surface area contributed by atoms with E-state index in [1.54, 1.807) is 72.6 Å². The number of hydrogen-bond acceptors (Lipinski definition) is 15. The van der Waals surface area contributed by atoms with Gasteiger partial charge in [-0.05, 0) is 118 Å². The topological polar surface area (TPSA) is 87.1 Å². The van der Waals surface area contributed by atoms with Crippen LogP contribution in [0, 0.1) is 0 Å². The number of phenolic OH excluding ortho intramolecular Hbond substituents is 2. The van der Waals surface area contributed by atoms with Gasteiger partial charge in [-0.25, -0.2) is 0 Å². The van der Waals surface area contributed by atoms with Gasteiger partial charge in [-0.2, -0.15) is 0 Å². The van der Waals surface area contributed by atoms with E-state index < -0.39 is 0 Å². The third-order valence-corrected chi connectivity index (χ3v) is 15.6. The summed E-state index contributed by atoms with van der Waals surface area (Å²) in [5.41, 5.74) is 3.24. The Morgan fingerprint density at radius 1 is 0.560 bits per heavy atom. The zero-order chi connectivity index (χ0) is 36.7. The van der Waals surface area contributed by atoms with Crippen LogP contribution in [0.25, 0.3) is 0 Å². The zero-order valence-corrected chi connectivity index (χ0v) is 35.6. The molecule has 0 aromatic heterocycles. The van der Waals surface area contributed by atoms with Gasteiger partial charge in [-0.15, -0.1) is 11.8 Å². The molecule has 0 spiro atoms. The quantitative estimate of drug-likeness (QED) is 0.121. The van der Waals surface area contributed by atoms with Gasteiger partial charge < -0.3 is 43.9 Å². The number of likely N-dealkylation sites (N-methyl/N-ethyl adjacent to an activating group) is 3. The van der Waals surface area contributed by atoms with Gasteiger partial charge in [0, 0.05) is 34.3 Å². The van der Waals surface area contributed by atoms with Crippen molar-refractivity contribution < 1.29 is 29.2 Å². The molecule has 2 N–H and O–H groups in total. The first-order chi connectivity index (χ1) is 23.9. The maximum Gasteiger partial charge on any atom is 0.177 e. The van der Waals surface area contributed by atoms with Crippen LogP contribution in [0.5, 0.6) is 34.5 Å². The normalized spacial score (nSPS) is 13.2. The Labute approximate surface area is 322 Å². The lowest BCUT2D eigenvalue weighted by molar-refractivity contribution is 0.336. The minimum atomic E-state index is 0.0689. The highest BCUT2D eigenvalue weighted by Crippen LogP contribution is 2.63. The SMILES string of the molecule is COc1cc(CCN(C)C)c2c(c1O)SSc1c(CCN(C)C)c(SC)c(OC)c(OC)c1SSc1c(CCN(C)C)cc(OC)c(O)c1S2. The van der Waals surface area contributed by atoms with E-state index in [-0.39, 0.29) is 11.5 Å². The Morgan fingerprint density at radius 3 is 1.52 bits per heavy atom. The summed E-state index contributed by atoms with van der Waals surface area (Å²) in [7, 11) is 25.2. The van der Waals surface area contributed by atoms with Crippen molar-refractivity contribution in [2.75, 3.05) is 96.6 Å². The highest BCUT2D eigenvalue weighted by Gasteiger charge is 2.31. The molecule has 9 nitrogen and oxygen atoms in total. The Hall–Kier alpha value is -1.56. The summed E-state index contributed by atoms with van der Waals surface area (Å²) in [5, 5.41) is 23.7. The highest BCUT2D eigenvalue weighted by molar-refractivity contribution is 8.78. The van der Waals surface area contributed by atoms with E-state index in [2.05, 4.69) is 49.1 Å². The molecule has 50 heavy (non-hydrogen) atoms. The Bertz CT molecular complexity index is 1660. The summed E-state index contributed by atoms with van der Waals surface area (Å²) in [6.45, 7) is 2.44. The van der Waals surface area contributed by atoms with Gasteiger partial charge in [-0.3, -0.25) is 0 Å². The molecule has 0 aliphatic carbocycles. The smallest absolute Gasteiger partial charge is 0.177 e. The van der Waals surface area contributed by atoms with Crippen LogP contribution in [0.1, 0.15) is 16.7 Å². The molecule has 0 unspecified atom stereocenters. The number of nitrogens with zero attached hydrogens (tertiary/aromatic N) is 3. The first kappa shape index (κ1) is 41.2. The van der Waals surface area contributed by atoms with Gasteiger partial charge >= 0.3 is 0 Å². The molecule has 4 rings (SSSR count). The first-order valence-electron chi connectivity index (χ1n) is 15.9. The second-order valence-corrected chi connectivity index (χ2v) is 18.5. The lowest BCUT2D eigenvalue weighted by atomic mass is 10.1. The third-order valence-electron chi connectivity index (χ3n) is 8.02. The molecule has 3 aromatic rings. The fourth-order valence-electron chi connectivity index (χ4n) is 5.33. The van der Waals surface area contributed by atoms with Crippen LogP contribution >= 0.6 is 66.7 Å². The number of methoxy groups -OCH3 is 4. The fraction of sp³-hybridized carbons (Fsp3) is 0.486. The predicted molar refractivity (Wildman–Crippen MR) is 215 cm³/mol. The second-order valence-electron chi connectivity index (χ2n) is 12.3. The van der Waals surface area contributed by atoms with E-state index in [4.69, 9.17) is 18.9 Å². The molecule has 0 amide bonds. The van der Waals surface area contributed by atoms with Gasteiger partial charge in [-0.1, -0.05) is 33.3 Å². The minimum absolute atomic E-state index is 0.0689. The molecular weight excluding hydrogens is 751 g/mol. The van der Waals surface area contributed by atoms with Crippen molar-refractivity contribution >= 4 is 66.7 Å². The molecule has 0 bridgehead atoms. The van der Waals surface area contributed by atoms with Gasteiger partial charge in [0.05, 0.1) is 48.0 Å². The van der Waals surface area contributed by atoms with Crippen molar-refractivity contribution in [3.8, 4) is 34.5 Å². The number of hydrogen-bond donors (Lipinski definition) is 2. The molecule has 3 aromatic carbocycles. The van der Waals surface area contributed by atoms with Crippen molar-refractivity contribution in [3.63, 3.8) is 0 Å². The van der Waals surface area contributed by atoms with E-state index in [0.717, 1.165) is 68.1 Å². The number of benzene rings is 3. The Balaban J connectivity index is 2.14. The zero-order valence-electron chi connectivity index (χ0n) is 30.7. The summed E-state index contributed by atoms with van der Waals surface area (Å²) >= 11 is 3.12. The van der Waals surface area contributed by atoms with Crippen molar-refractivity contribution in [3.05, 3.63) is 28.8 Å². The summed E-state index contributed by atoms with van der Waals surface area (Å²) < 4.78 is 23.7. The molecule has 0 atom stereocenters. The van der Waals surface area contributed by atoms with Crippen LogP contribution in [0.15, 0.2) is 46.4 Å². The van der Waals surface area contributed by atoms with Gasteiger partial charge in [0.15, 0.2) is 34.5 Å². The molecule has 0 saturated carbocycles. The summed E-state index contributed by atoms with van der Waals surface area (Å²) in [6, 6.07) is 3.88. The molecule has 0 fully saturated rings. The van der Waals surface area contributed by atoms with Crippen molar-refractivity contribution in [1.29, 1.82) is 0 Å². The van der Waals surface area contributed by atoms with Gasteiger partial charge in [0.25, 0.3) is 0 Å². The van der Waals surface area contributed by atoms with Gasteiger partial charge in [0.1, 0.15) is 0 Å². The number of phenols is 2. The Kier molecular flexibility index (Phi) is 15.6. The molecule has 0 saturated heterocycles. The average Bonchev–Trinajstić information content (AvgIpc) is 3.11. The lowest BCUT2D eigenvalue weighted by Gasteiger charge is -2.24. The van der Waals surface area contributed by atoms with Crippen molar-refractivity contribution in [2.45, 2.75) is 53.5 Å². The largest absolute Gasteiger partial charge is 0.503 e. The number of thioether (sulfide) groups is 1.